The van der Waals surface area contributed by atoms with E-state index in [1.54, 1.807) is 18.2 Å². The van der Waals surface area contributed by atoms with Gasteiger partial charge in [-0.2, -0.15) is 0 Å². The molecule has 0 aromatic rings. The Morgan fingerprint density at radius 3 is 2.69 bits per heavy atom. The van der Waals surface area contributed by atoms with Crippen molar-refractivity contribution in [2.24, 2.45) is 5.84 Å². The molecule has 0 bridgehead atoms. The lowest BCUT2D eigenvalue weighted by Gasteiger charge is -2.04. The van der Waals surface area contributed by atoms with E-state index in [1.165, 1.54) is 6.08 Å². The van der Waals surface area contributed by atoms with Crippen molar-refractivity contribution in [2.75, 3.05) is 0 Å². The van der Waals surface area contributed by atoms with Crippen molar-refractivity contribution in [1.82, 2.24) is 5.01 Å². The molecule has 4 heteroatoms. The third-order valence-electron chi connectivity index (χ3n) is 1.87. The second-order valence-electron chi connectivity index (χ2n) is 2.64. The van der Waals surface area contributed by atoms with Crippen LogP contribution in [0.15, 0.2) is 41.2 Å². The molecular formula is C9H6N2O2. The molecule has 1 aliphatic heterocycles. The molecule has 2 N–H and O–H groups in total. The van der Waals surface area contributed by atoms with Crippen LogP contribution in [0.25, 0.3) is 0 Å². The second kappa shape index (κ2) is 2.55. The zero-order chi connectivity index (χ0) is 9.42. The highest BCUT2D eigenvalue weighted by molar-refractivity contribution is 6.21. The van der Waals surface area contributed by atoms with Crippen LogP contribution in [-0.4, -0.2) is 16.8 Å². The maximum absolute atomic E-state index is 11.3. The van der Waals surface area contributed by atoms with Crippen LogP contribution in [0.4, 0.5) is 0 Å². The minimum absolute atomic E-state index is 0.303. The number of hydrogen-bond acceptors (Lipinski definition) is 3. The molecule has 13 heavy (non-hydrogen) atoms. The van der Waals surface area contributed by atoms with Crippen molar-refractivity contribution in [3.8, 4) is 0 Å². The van der Waals surface area contributed by atoms with E-state index in [9.17, 15) is 9.59 Å². The van der Waals surface area contributed by atoms with Crippen molar-refractivity contribution in [3.63, 3.8) is 0 Å². The molecule has 1 aliphatic carbocycles. The molecule has 4 nitrogen and oxygen atoms in total. The fourth-order valence-corrected chi connectivity index (χ4v) is 1.21. The van der Waals surface area contributed by atoms with E-state index in [-0.39, 0.29) is 0 Å². The van der Waals surface area contributed by atoms with Crippen LogP contribution in [-0.2, 0) is 9.59 Å². The van der Waals surface area contributed by atoms with Crippen molar-refractivity contribution in [1.29, 1.82) is 0 Å². The monoisotopic (exact) mass is 174 g/mol. The Labute approximate surface area is 74.3 Å². The largest absolute Gasteiger partial charge is 0.276 e. The zero-order valence-electron chi connectivity index (χ0n) is 6.65. The van der Waals surface area contributed by atoms with Crippen molar-refractivity contribution in [2.45, 2.75) is 0 Å². The third kappa shape index (κ3) is 0.973. The number of carbonyl (C=O) groups excluding carboxylic acids is 2. The summed E-state index contributed by atoms with van der Waals surface area (Å²) in [6.45, 7) is 0. The van der Waals surface area contributed by atoms with Crippen LogP contribution in [0.1, 0.15) is 0 Å². The molecule has 0 atom stereocenters. The van der Waals surface area contributed by atoms with Gasteiger partial charge in [0.1, 0.15) is 0 Å². The summed E-state index contributed by atoms with van der Waals surface area (Å²) in [6.07, 6.45) is 6.28. The van der Waals surface area contributed by atoms with E-state index in [2.05, 4.69) is 5.73 Å². The van der Waals surface area contributed by atoms with E-state index >= 15 is 0 Å². The summed E-state index contributed by atoms with van der Waals surface area (Å²) in [6, 6.07) is 0. The highest BCUT2D eigenvalue weighted by atomic mass is 16.2. The average Bonchev–Trinajstić information content (AvgIpc) is 2.40. The Morgan fingerprint density at radius 1 is 1.23 bits per heavy atom. The third-order valence-corrected chi connectivity index (χ3v) is 1.87. The van der Waals surface area contributed by atoms with Crippen LogP contribution in [0.2, 0.25) is 0 Å². The highest BCUT2D eigenvalue weighted by Crippen LogP contribution is 2.21. The van der Waals surface area contributed by atoms with E-state index < -0.39 is 11.8 Å². The first-order valence-electron chi connectivity index (χ1n) is 3.69. The summed E-state index contributed by atoms with van der Waals surface area (Å²) in [7, 11) is 0. The van der Waals surface area contributed by atoms with Gasteiger partial charge in [-0.05, 0) is 18.2 Å². The quantitative estimate of drug-likeness (QED) is 0.239. The SMILES string of the molecule is NN1C(=O)C2=C(C=CC=C=C2)C1=O. The lowest BCUT2D eigenvalue weighted by atomic mass is 10.1. The smallest absolute Gasteiger partial charge is 0.267 e. The normalized spacial score (nSPS) is 19.9. The molecule has 0 aromatic carbocycles. The number of amides is 2. The van der Waals surface area contributed by atoms with Crippen molar-refractivity contribution in [3.05, 3.63) is 41.2 Å². The van der Waals surface area contributed by atoms with E-state index in [0.717, 1.165) is 0 Å². The number of allylic oxidation sites excluding steroid dienone is 1. The first kappa shape index (κ1) is 7.73. The van der Waals surface area contributed by atoms with Gasteiger partial charge in [-0.15, -0.1) is 5.73 Å². The maximum atomic E-state index is 11.3. The van der Waals surface area contributed by atoms with Crippen LogP contribution in [0.5, 0.6) is 0 Å². The standard InChI is InChI=1S/C9H6N2O2/c10-11-8(12)6-4-2-1-3-5-7(6)9(11)13/h1-2,4-5H,10H2. The molecule has 0 saturated carbocycles. The maximum Gasteiger partial charge on any atom is 0.276 e. The summed E-state index contributed by atoms with van der Waals surface area (Å²) in [4.78, 5) is 22.6. The van der Waals surface area contributed by atoms with E-state index in [0.29, 0.717) is 16.2 Å². The van der Waals surface area contributed by atoms with E-state index in [4.69, 9.17) is 5.84 Å². The number of hydrazine groups is 1. The number of imide groups is 1. The number of rotatable bonds is 0. The number of hydrogen-bond donors (Lipinski definition) is 1. The van der Waals surface area contributed by atoms with Crippen LogP contribution in [0.3, 0.4) is 0 Å². The highest BCUT2D eigenvalue weighted by Gasteiger charge is 2.33. The molecule has 0 spiro atoms. The number of nitrogens with zero attached hydrogens (tertiary/aromatic N) is 1. The summed E-state index contributed by atoms with van der Waals surface area (Å²) >= 11 is 0. The van der Waals surface area contributed by atoms with Crippen LogP contribution >= 0.6 is 0 Å². The molecule has 0 fully saturated rings. The summed E-state index contributed by atoms with van der Waals surface area (Å²) in [5, 5.41) is 0.610. The van der Waals surface area contributed by atoms with Crippen molar-refractivity contribution >= 4 is 11.8 Å². The lowest BCUT2D eigenvalue weighted by Crippen LogP contribution is -2.37. The predicted octanol–water partition coefficient (Wildman–Crippen LogP) is -0.193. The molecule has 0 aromatic heterocycles. The van der Waals surface area contributed by atoms with Gasteiger partial charge < -0.3 is 0 Å². The topological polar surface area (TPSA) is 63.4 Å². The molecule has 2 rings (SSSR count). The van der Waals surface area contributed by atoms with Gasteiger partial charge in [-0.3, -0.25) is 9.59 Å². The molecule has 1 heterocycles. The summed E-state index contributed by atoms with van der Waals surface area (Å²) in [5.41, 5.74) is 3.37. The Hall–Kier alpha value is -1.90. The first-order valence-corrected chi connectivity index (χ1v) is 3.69. The molecule has 2 amide bonds. The minimum Gasteiger partial charge on any atom is -0.267 e. The fraction of sp³-hybridized carbons (Fsp3) is 0. The Bertz CT molecular complexity index is 423. The lowest BCUT2D eigenvalue weighted by molar-refractivity contribution is -0.137. The van der Waals surface area contributed by atoms with Gasteiger partial charge in [-0.1, -0.05) is 6.08 Å². The van der Waals surface area contributed by atoms with Crippen molar-refractivity contribution < 1.29 is 9.59 Å². The zero-order valence-corrected chi connectivity index (χ0v) is 6.65. The molecule has 2 aliphatic rings. The van der Waals surface area contributed by atoms with Gasteiger partial charge in [0.25, 0.3) is 11.8 Å². The van der Waals surface area contributed by atoms with Gasteiger partial charge in [-0.25, -0.2) is 10.9 Å². The Kier molecular flexibility index (Phi) is 1.52. The number of carbonyl (C=O) groups is 2. The first-order chi connectivity index (χ1) is 6.22. The molecular weight excluding hydrogens is 168 g/mol. The van der Waals surface area contributed by atoms with Crippen LogP contribution in [0, 0.1) is 0 Å². The summed E-state index contributed by atoms with van der Waals surface area (Å²) < 4.78 is 0. The minimum atomic E-state index is -0.479. The van der Waals surface area contributed by atoms with Gasteiger partial charge in [0.15, 0.2) is 0 Å². The molecule has 0 unspecified atom stereocenters. The van der Waals surface area contributed by atoms with Crippen LogP contribution < -0.4 is 5.84 Å². The molecule has 0 saturated heterocycles. The van der Waals surface area contributed by atoms with Gasteiger partial charge in [0, 0.05) is 0 Å². The number of nitrogens with two attached hydrogens (primary N) is 1. The summed E-state index contributed by atoms with van der Waals surface area (Å²) in [5.74, 6) is 4.29. The van der Waals surface area contributed by atoms with Gasteiger partial charge in [0.2, 0.25) is 0 Å². The Morgan fingerprint density at radius 2 is 1.92 bits per heavy atom. The molecule has 0 radical (unpaired) electrons. The fourth-order valence-electron chi connectivity index (χ4n) is 1.21. The van der Waals surface area contributed by atoms with Gasteiger partial charge >= 0.3 is 0 Å². The molecule has 64 valence electrons. The van der Waals surface area contributed by atoms with E-state index in [1.807, 2.05) is 0 Å². The Balaban J connectivity index is 2.61. The predicted molar refractivity (Wildman–Crippen MR) is 44.9 cm³/mol. The van der Waals surface area contributed by atoms with Gasteiger partial charge in [0.05, 0.1) is 11.1 Å². The average molecular weight is 174 g/mol. The second-order valence-corrected chi connectivity index (χ2v) is 2.64.